The molecule has 6 heteroatoms. The molecule has 0 amide bonds. The Morgan fingerprint density at radius 2 is 1.65 bits per heavy atom. The number of aromatic nitrogens is 1. The number of hydrogen-bond acceptors (Lipinski definition) is 5. The molecule has 0 bridgehead atoms. The number of aliphatic hydroxyl groups is 1. The molecule has 0 spiro atoms. The van der Waals surface area contributed by atoms with E-state index in [9.17, 15) is 5.11 Å². The normalized spacial score (nSPS) is 11.1. The Kier molecular flexibility index (Phi) is 12.9. The predicted molar refractivity (Wildman–Crippen MR) is 111 cm³/mol. The van der Waals surface area contributed by atoms with E-state index in [1.165, 1.54) is 38.5 Å². The third-order valence-electron chi connectivity index (χ3n) is 4.37. The second kappa shape index (κ2) is 14.4. The summed E-state index contributed by atoms with van der Waals surface area (Å²) in [6, 6.07) is 1.94. The number of unbranched alkanes of at least 4 members (excludes halogenated alkanes) is 7. The molecule has 1 aromatic heterocycles. The largest absolute Gasteiger partial charge is 0.392 e. The molecule has 0 saturated heterocycles. The summed E-state index contributed by atoms with van der Waals surface area (Å²) in [5.41, 5.74) is 1.96. The van der Waals surface area contributed by atoms with Crippen molar-refractivity contribution in [3.05, 3.63) is 21.8 Å². The highest BCUT2D eigenvalue weighted by molar-refractivity contribution is 9.10. The first kappa shape index (κ1) is 23.3. The van der Waals surface area contributed by atoms with Gasteiger partial charge in [0.15, 0.2) is 0 Å². The van der Waals surface area contributed by atoms with E-state index in [4.69, 9.17) is 14.5 Å². The summed E-state index contributed by atoms with van der Waals surface area (Å²) in [7, 11) is 5.61. The lowest BCUT2D eigenvalue weighted by Gasteiger charge is -2.16. The van der Waals surface area contributed by atoms with Crippen molar-refractivity contribution in [2.45, 2.75) is 64.4 Å². The molecule has 150 valence electrons. The van der Waals surface area contributed by atoms with Crippen LogP contribution in [0.4, 0.5) is 5.82 Å². The van der Waals surface area contributed by atoms with Gasteiger partial charge in [0, 0.05) is 32.3 Å². The van der Waals surface area contributed by atoms with Gasteiger partial charge in [-0.3, -0.25) is 0 Å². The highest BCUT2D eigenvalue weighted by atomic mass is 79.9. The summed E-state index contributed by atoms with van der Waals surface area (Å²) in [6.07, 6.45) is 10.8. The number of ether oxygens (including phenoxy) is 2. The highest BCUT2D eigenvalue weighted by Crippen LogP contribution is 2.26. The van der Waals surface area contributed by atoms with Crippen LogP contribution in [0.25, 0.3) is 0 Å². The predicted octanol–water partition coefficient (Wildman–Crippen LogP) is 4.69. The standard InChI is InChI=1S/C20H35BrN2O3/c1-23(2)19-14-17(15-24)20(21)18(22-19)12-10-8-6-4-5-7-9-11-13-26-16-25-3/h14,24H,4-13,15-16H2,1-3H3. The summed E-state index contributed by atoms with van der Waals surface area (Å²) >= 11 is 3.60. The second-order valence-electron chi connectivity index (χ2n) is 6.85. The van der Waals surface area contributed by atoms with E-state index >= 15 is 0 Å². The van der Waals surface area contributed by atoms with E-state index in [2.05, 4.69) is 15.9 Å². The van der Waals surface area contributed by atoms with Crippen LogP contribution in [0.2, 0.25) is 0 Å². The Labute approximate surface area is 167 Å². The molecule has 0 radical (unpaired) electrons. The van der Waals surface area contributed by atoms with Gasteiger partial charge in [0.1, 0.15) is 12.6 Å². The maximum atomic E-state index is 9.53. The highest BCUT2D eigenvalue weighted by Gasteiger charge is 2.11. The minimum Gasteiger partial charge on any atom is -0.392 e. The van der Waals surface area contributed by atoms with Gasteiger partial charge in [-0.25, -0.2) is 4.98 Å². The van der Waals surface area contributed by atoms with Gasteiger partial charge >= 0.3 is 0 Å². The fourth-order valence-corrected chi connectivity index (χ4v) is 3.36. The SMILES string of the molecule is COCOCCCCCCCCCCc1nc(N(C)C)cc(CO)c1Br. The number of nitrogens with zero attached hydrogens (tertiary/aromatic N) is 2. The number of hydrogen-bond donors (Lipinski definition) is 1. The van der Waals surface area contributed by atoms with E-state index in [-0.39, 0.29) is 6.61 Å². The zero-order chi connectivity index (χ0) is 19.2. The van der Waals surface area contributed by atoms with Crippen molar-refractivity contribution in [3.8, 4) is 0 Å². The Balaban J connectivity index is 2.17. The maximum Gasteiger partial charge on any atom is 0.146 e. The van der Waals surface area contributed by atoms with Crippen LogP contribution >= 0.6 is 15.9 Å². The topological polar surface area (TPSA) is 54.8 Å². The quantitative estimate of drug-likeness (QED) is 0.323. The molecule has 1 N–H and O–H groups in total. The number of rotatable bonds is 15. The molecule has 1 aromatic rings. The monoisotopic (exact) mass is 430 g/mol. The molecule has 1 rings (SSSR count). The molecule has 0 aliphatic rings. The fourth-order valence-electron chi connectivity index (χ4n) is 2.83. The molecule has 26 heavy (non-hydrogen) atoms. The number of pyridine rings is 1. The fraction of sp³-hybridized carbons (Fsp3) is 0.750. The number of anilines is 1. The van der Waals surface area contributed by atoms with Crippen molar-refractivity contribution >= 4 is 21.7 Å². The van der Waals surface area contributed by atoms with Gasteiger partial charge in [-0.15, -0.1) is 0 Å². The summed E-state index contributed by atoms with van der Waals surface area (Å²) in [5, 5.41) is 9.53. The number of aliphatic hydroxyl groups excluding tert-OH is 1. The lowest BCUT2D eigenvalue weighted by Crippen LogP contribution is -2.13. The minimum absolute atomic E-state index is 0.0352. The Morgan fingerprint density at radius 3 is 2.23 bits per heavy atom. The number of methoxy groups -OCH3 is 1. The number of aryl methyl sites for hydroxylation is 1. The molecule has 0 fully saturated rings. The molecular formula is C20H35BrN2O3. The lowest BCUT2D eigenvalue weighted by atomic mass is 10.1. The lowest BCUT2D eigenvalue weighted by molar-refractivity contribution is -0.0315. The van der Waals surface area contributed by atoms with Gasteiger partial charge in [-0.1, -0.05) is 38.5 Å². The molecule has 0 saturated carbocycles. The summed E-state index contributed by atoms with van der Waals surface area (Å²) in [5.74, 6) is 0.904. The first-order chi connectivity index (χ1) is 12.6. The van der Waals surface area contributed by atoms with Crippen molar-refractivity contribution in [2.24, 2.45) is 0 Å². The molecule has 5 nitrogen and oxygen atoms in total. The van der Waals surface area contributed by atoms with Crippen LogP contribution in [0.3, 0.4) is 0 Å². The third-order valence-corrected chi connectivity index (χ3v) is 5.34. The first-order valence-electron chi connectivity index (χ1n) is 9.63. The van der Waals surface area contributed by atoms with Crippen LogP contribution in [0.15, 0.2) is 10.5 Å². The van der Waals surface area contributed by atoms with Crippen LogP contribution in [-0.2, 0) is 22.5 Å². The summed E-state index contributed by atoms with van der Waals surface area (Å²) < 4.78 is 11.1. The van der Waals surface area contributed by atoms with Crippen LogP contribution in [0, 0.1) is 0 Å². The molecule has 0 aromatic carbocycles. The van der Waals surface area contributed by atoms with E-state index in [0.29, 0.717) is 6.79 Å². The molecule has 0 aliphatic carbocycles. The van der Waals surface area contributed by atoms with Crippen LogP contribution in [0.5, 0.6) is 0 Å². The summed E-state index contributed by atoms with van der Waals surface area (Å²) in [4.78, 5) is 6.70. The van der Waals surface area contributed by atoms with Crippen LogP contribution in [0.1, 0.15) is 62.6 Å². The van der Waals surface area contributed by atoms with Crippen LogP contribution in [-0.4, -0.2) is 44.7 Å². The van der Waals surface area contributed by atoms with E-state index in [1.807, 2.05) is 25.1 Å². The third kappa shape index (κ3) is 9.31. The summed E-state index contributed by atoms with van der Waals surface area (Å²) in [6.45, 7) is 1.24. The van der Waals surface area contributed by atoms with Gasteiger partial charge in [-0.05, 0) is 46.8 Å². The Morgan fingerprint density at radius 1 is 1.04 bits per heavy atom. The van der Waals surface area contributed by atoms with Crippen molar-refractivity contribution in [3.63, 3.8) is 0 Å². The molecular weight excluding hydrogens is 396 g/mol. The van der Waals surface area contributed by atoms with Gasteiger partial charge in [-0.2, -0.15) is 0 Å². The smallest absolute Gasteiger partial charge is 0.146 e. The minimum atomic E-state index is 0.0352. The first-order valence-corrected chi connectivity index (χ1v) is 10.4. The molecule has 1 heterocycles. The number of halogens is 1. The van der Waals surface area contributed by atoms with E-state index in [0.717, 1.165) is 47.4 Å². The van der Waals surface area contributed by atoms with E-state index < -0.39 is 0 Å². The van der Waals surface area contributed by atoms with Crippen molar-refractivity contribution in [2.75, 3.05) is 39.5 Å². The van der Waals surface area contributed by atoms with Gasteiger partial charge in [0.05, 0.1) is 12.3 Å². The average molecular weight is 431 g/mol. The van der Waals surface area contributed by atoms with Crippen LogP contribution < -0.4 is 4.90 Å². The molecule has 0 aliphatic heterocycles. The van der Waals surface area contributed by atoms with Gasteiger partial charge < -0.3 is 19.5 Å². The van der Waals surface area contributed by atoms with Crippen molar-refractivity contribution < 1.29 is 14.6 Å². The Bertz CT molecular complexity index is 498. The van der Waals surface area contributed by atoms with E-state index in [1.54, 1.807) is 7.11 Å². The van der Waals surface area contributed by atoms with Gasteiger partial charge in [0.25, 0.3) is 0 Å². The zero-order valence-corrected chi connectivity index (χ0v) is 18.2. The second-order valence-corrected chi connectivity index (χ2v) is 7.64. The zero-order valence-electron chi connectivity index (χ0n) is 16.6. The molecule has 0 unspecified atom stereocenters. The van der Waals surface area contributed by atoms with Gasteiger partial charge in [0.2, 0.25) is 0 Å². The Hall–Kier alpha value is -0.690. The van der Waals surface area contributed by atoms with Crippen molar-refractivity contribution in [1.29, 1.82) is 0 Å². The molecule has 0 atom stereocenters. The maximum absolute atomic E-state index is 9.53. The van der Waals surface area contributed by atoms with Crippen molar-refractivity contribution in [1.82, 2.24) is 4.98 Å². The average Bonchev–Trinajstić information content (AvgIpc) is 2.63.